The number of hydrogen-bond acceptors (Lipinski definition) is 1. The lowest BCUT2D eigenvalue weighted by atomic mass is 9.88. The predicted octanol–water partition coefficient (Wildman–Crippen LogP) is 3.84. The molecule has 0 aromatic carbocycles. The second-order valence-electron chi connectivity index (χ2n) is 3.91. The number of piperidine rings is 1. The van der Waals surface area contributed by atoms with E-state index in [0.29, 0.717) is 5.54 Å². The summed E-state index contributed by atoms with van der Waals surface area (Å²) in [6.45, 7) is 16.1. The largest absolute Gasteiger partial charge is 0.312 e. The van der Waals surface area contributed by atoms with Gasteiger partial charge in [-0.05, 0) is 39.2 Å². The fourth-order valence-corrected chi connectivity index (χ4v) is 1.25. The van der Waals surface area contributed by atoms with E-state index in [1.807, 2.05) is 27.7 Å². The van der Waals surface area contributed by atoms with Crippen LogP contribution in [0.4, 0.5) is 0 Å². The van der Waals surface area contributed by atoms with Gasteiger partial charge in [0.25, 0.3) is 0 Å². The fraction of sp³-hybridized carbons (Fsp3) is 1.00. The molecule has 1 saturated heterocycles. The zero-order valence-corrected chi connectivity index (χ0v) is 10.7. The van der Waals surface area contributed by atoms with Crippen molar-refractivity contribution in [1.82, 2.24) is 5.32 Å². The molecule has 0 aromatic rings. The Morgan fingerprint density at radius 1 is 1.08 bits per heavy atom. The molecule has 82 valence electrons. The Bertz CT molecular complexity index is 87.3. The molecule has 1 fully saturated rings. The van der Waals surface area contributed by atoms with Crippen molar-refractivity contribution < 1.29 is 0 Å². The first-order valence-corrected chi connectivity index (χ1v) is 5.85. The minimum Gasteiger partial charge on any atom is -0.312 e. The van der Waals surface area contributed by atoms with Crippen LogP contribution in [0.1, 0.15) is 61.3 Å². The van der Waals surface area contributed by atoms with Gasteiger partial charge in [-0.3, -0.25) is 0 Å². The van der Waals surface area contributed by atoms with Crippen LogP contribution < -0.4 is 5.32 Å². The first-order chi connectivity index (χ1) is 6.10. The Hall–Kier alpha value is -0.0400. The molecule has 1 N–H and O–H groups in total. The summed E-state index contributed by atoms with van der Waals surface area (Å²) in [5, 5.41) is 3.51. The van der Waals surface area contributed by atoms with E-state index < -0.39 is 0 Å². The first kappa shape index (κ1) is 15.4. The average Bonchev–Trinajstić information content (AvgIpc) is 2.17. The van der Waals surface area contributed by atoms with E-state index in [1.165, 1.54) is 19.4 Å². The fourth-order valence-electron chi connectivity index (χ4n) is 1.25. The van der Waals surface area contributed by atoms with E-state index in [-0.39, 0.29) is 0 Å². The molecule has 1 atom stereocenters. The number of hydrogen-bond donors (Lipinski definition) is 1. The lowest BCUT2D eigenvalue weighted by Gasteiger charge is -2.34. The lowest BCUT2D eigenvalue weighted by Crippen LogP contribution is -2.45. The Morgan fingerprint density at radius 2 is 1.54 bits per heavy atom. The lowest BCUT2D eigenvalue weighted by molar-refractivity contribution is 0.253. The molecule has 0 aliphatic carbocycles. The zero-order valence-electron chi connectivity index (χ0n) is 10.7. The highest BCUT2D eigenvalue weighted by Crippen LogP contribution is 2.20. The van der Waals surface area contributed by atoms with Crippen LogP contribution in [0.2, 0.25) is 0 Å². The standard InChI is InChI=1S/C8H17N.2C2H6/c1-7-4-5-8(2,3)9-6-7;2*1-2/h7,9H,4-6H2,1-3H3;2*1-2H3. The molecule has 0 aromatic heterocycles. The molecule has 0 spiro atoms. The second kappa shape index (κ2) is 8.55. The smallest absolute Gasteiger partial charge is 0.0125 e. The minimum absolute atomic E-state index is 0.409. The van der Waals surface area contributed by atoms with Crippen molar-refractivity contribution >= 4 is 0 Å². The van der Waals surface area contributed by atoms with Gasteiger partial charge in [0.05, 0.1) is 0 Å². The van der Waals surface area contributed by atoms with Gasteiger partial charge in [-0.15, -0.1) is 0 Å². The van der Waals surface area contributed by atoms with Gasteiger partial charge in [0, 0.05) is 5.54 Å². The maximum Gasteiger partial charge on any atom is 0.0125 e. The third kappa shape index (κ3) is 8.29. The van der Waals surface area contributed by atoms with Crippen LogP contribution in [0.15, 0.2) is 0 Å². The molecule has 1 nitrogen and oxygen atoms in total. The molecule has 1 aliphatic rings. The summed E-state index contributed by atoms with van der Waals surface area (Å²) in [4.78, 5) is 0. The zero-order chi connectivity index (χ0) is 10.9. The molecular weight excluding hydrogens is 158 g/mol. The highest BCUT2D eigenvalue weighted by molar-refractivity contribution is 4.83. The molecule has 0 amide bonds. The Labute approximate surface area is 85.3 Å². The van der Waals surface area contributed by atoms with Crippen molar-refractivity contribution in [3.8, 4) is 0 Å². The van der Waals surface area contributed by atoms with E-state index in [1.54, 1.807) is 0 Å². The highest BCUT2D eigenvalue weighted by atomic mass is 15.0. The van der Waals surface area contributed by atoms with Crippen LogP contribution in [0.3, 0.4) is 0 Å². The van der Waals surface area contributed by atoms with Crippen LogP contribution >= 0.6 is 0 Å². The summed E-state index contributed by atoms with van der Waals surface area (Å²) >= 11 is 0. The summed E-state index contributed by atoms with van der Waals surface area (Å²) in [6.07, 6.45) is 2.72. The molecule has 1 heteroatoms. The van der Waals surface area contributed by atoms with Crippen molar-refractivity contribution in [3.05, 3.63) is 0 Å². The van der Waals surface area contributed by atoms with Gasteiger partial charge in [-0.2, -0.15) is 0 Å². The summed E-state index contributed by atoms with van der Waals surface area (Å²) in [5.41, 5.74) is 0.409. The van der Waals surface area contributed by atoms with Crippen LogP contribution in [0, 0.1) is 5.92 Å². The molecular formula is C12H29N. The first-order valence-electron chi connectivity index (χ1n) is 5.85. The van der Waals surface area contributed by atoms with Gasteiger partial charge in [0.2, 0.25) is 0 Å². The third-order valence-corrected chi connectivity index (χ3v) is 2.19. The van der Waals surface area contributed by atoms with E-state index in [9.17, 15) is 0 Å². The Morgan fingerprint density at radius 3 is 1.77 bits per heavy atom. The van der Waals surface area contributed by atoms with Gasteiger partial charge in [0.15, 0.2) is 0 Å². The topological polar surface area (TPSA) is 12.0 Å². The maximum absolute atomic E-state index is 3.51. The molecule has 1 rings (SSSR count). The van der Waals surface area contributed by atoms with Gasteiger partial charge >= 0.3 is 0 Å². The van der Waals surface area contributed by atoms with Crippen LogP contribution in [0.5, 0.6) is 0 Å². The molecule has 1 unspecified atom stereocenters. The van der Waals surface area contributed by atoms with Crippen molar-refractivity contribution in [3.63, 3.8) is 0 Å². The Kier molecular flexibility index (Phi) is 10.2. The van der Waals surface area contributed by atoms with Gasteiger partial charge < -0.3 is 5.32 Å². The van der Waals surface area contributed by atoms with Crippen molar-refractivity contribution in [2.24, 2.45) is 5.92 Å². The number of rotatable bonds is 0. The van der Waals surface area contributed by atoms with Gasteiger partial charge in [-0.25, -0.2) is 0 Å². The molecule has 0 radical (unpaired) electrons. The quantitative estimate of drug-likeness (QED) is 0.607. The van der Waals surface area contributed by atoms with E-state index >= 15 is 0 Å². The normalized spacial score (nSPS) is 24.7. The highest BCUT2D eigenvalue weighted by Gasteiger charge is 2.22. The van der Waals surface area contributed by atoms with Crippen LogP contribution in [-0.2, 0) is 0 Å². The summed E-state index contributed by atoms with van der Waals surface area (Å²) in [5.74, 6) is 0.887. The van der Waals surface area contributed by atoms with E-state index in [2.05, 4.69) is 26.1 Å². The van der Waals surface area contributed by atoms with Crippen LogP contribution in [-0.4, -0.2) is 12.1 Å². The van der Waals surface area contributed by atoms with Crippen molar-refractivity contribution in [2.75, 3.05) is 6.54 Å². The van der Waals surface area contributed by atoms with Crippen LogP contribution in [0.25, 0.3) is 0 Å². The number of nitrogens with one attached hydrogen (secondary N) is 1. The van der Waals surface area contributed by atoms with Gasteiger partial charge in [-0.1, -0.05) is 34.6 Å². The predicted molar refractivity (Wildman–Crippen MR) is 63.2 cm³/mol. The van der Waals surface area contributed by atoms with E-state index in [4.69, 9.17) is 0 Å². The Balaban J connectivity index is 0. The molecule has 1 aliphatic heterocycles. The summed E-state index contributed by atoms with van der Waals surface area (Å²) in [6, 6.07) is 0. The molecule has 13 heavy (non-hydrogen) atoms. The molecule has 0 bridgehead atoms. The summed E-state index contributed by atoms with van der Waals surface area (Å²) in [7, 11) is 0. The average molecular weight is 187 g/mol. The minimum atomic E-state index is 0.409. The molecule has 0 saturated carbocycles. The summed E-state index contributed by atoms with van der Waals surface area (Å²) < 4.78 is 0. The van der Waals surface area contributed by atoms with E-state index in [0.717, 1.165) is 5.92 Å². The maximum atomic E-state index is 3.51. The van der Waals surface area contributed by atoms with Crippen molar-refractivity contribution in [1.29, 1.82) is 0 Å². The van der Waals surface area contributed by atoms with Crippen molar-refractivity contribution in [2.45, 2.75) is 66.8 Å². The SMILES string of the molecule is CC.CC.CC1CCC(C)(C)NC1. The molecule has 1 heterocycles. The van der Waals surface area contributed by atoms with Gasteiger partial charge in [0.1, 0.15) is 0 Å². The third-order valence-electron chi connectivity index (χ3n) is 2.19. The monoisotopic (exact) mass is 187 g/mol. The second-order valence-corrected chi connectivity index (χ2v) is 3.91.